The molecule has 118 valence electrons. The van der Waals surface area contributed by atoms with E-state index in [1.54, 1.807) is 0 Å². The summed E-state index contributed by atoms with van der Waals surface area (Å²) in [5, 5.41) is 10.8. The van der Waals surface area contributed by atoms with Gasteiger partial charge in [0.1, 0.15) is 5.69 Å². The molecule has 0 spiro atoms. The number of fused-ring (bicyclic) bond motifs is 3. The van der Waals surface area contributed by atoms with Gasteiger partial charge in [0, 0.05) is 21.9 Å². The van der Waals surface area contributed by atoms with Gasteiger partial charge in [-0.2, -0.15) is 0 Å². The molecule has 0 aliphatic heterocycles. The molecule has 0 saturated carbocycles. The number of pyridine rings is 1. The third kappa shape index (κ3) is 2.11. The van der Waals surface area contributed by atoms with Crippen molar-refractivity contribution < 1.29 is 18.7 Å². The number of aromatic carboxylic acids is 1. The Bertz CT molecular complexity index is 1120. The normalized spacial score (nSPS) is 11.2. The largest absolute Gasteiger partial charge is 0.477 e. The first-order valence-corrected chi connectivity index (χ1v) is 7.15. The van der Waals surface area contributed by atoms with Gasteiger partial charge in [0.05, 0.1) is 11.2 Å². The van der Waals surface area contributed by atoms with E-state index in [1.807, 2.05) is 24.3 Å². The number of aromatic nitrogens is 2. The Morgan fingerprint density at radius 2 is 1.79 bits per heavy atom. The summed E-state index contributed by atoms with van der Waals surface area (Å²) in [6.07, 6.45) is 0. The van der Waals surface area contributed by atoms with E-state index >= 15 is 0 Å². The molecule has 0 saturated heterocycles. The Hall–Kier alpha value is -3.28. The number of benzene rings is 2. The minimum atomic E-state index is -1.19. The number of halogens is 2. The van der Waals surface area contributed by atoms with Crippen LogP contribution >= 0.6 is 0 Å². The number of hydrogen-bond acceptors (Lipinski definition) is 2. The van der Waals surface area contributed by atoms with Gasteiger partial charge in [-0.3, -0.25) is 0 Å². The molecule has 2 N–H and O–H groups in total. The van der Waals surface area contributed by atoms with Gasteiger partial charge in [-0.15, -0.1) is 0 Å². The molecule has 4 nitrogen and oxygen atoms in total. The summed E-state index contributed by atoms with van der Waals surface area (Å²) < 4.78 is 26.8. The maximum atomic E-state index is 13.6. The molecule has 0 fully saturated rings. The summed E-state index contributed by atoms with van der Waals surface area (Å²) in [7, 11) is 0. The fraction of sp³-hybridized carbons (Fsp3) is 0. The molecule has 0 radical (unpaired) electrons. The number of H-pyrrole nitrogens is 1. The number of carbonyl (C=O) groups is 1. The van der Waals surface area contributed by atoms with Crippen molar-refractivity contribution in [3.05, 3.63) is 65.9 Å². The molecule has 2 heterocycles. The SMILES string of the molecule is O=C(O)c1cc2c([nH]c3ccccc32)c(-c2ccc(F)c(F)c2)n1. The first-order valence-electron chi connectivity index (χ1n) is 7.15. The lowest BCUT2D eigenvalue weighted by atomic mass is 10.1. The van der Waals surface area contributed by atoms with Gasteiger partial charge >= 0.3 is 5.97 Å². The maximum absolute atomic E-state index is 13.6. The summed E-state index contributed by atoms with van der Waals surface area (Å²) in [4.78, 5) is 18.7. The zero-order chi connectivity index (χ0) is 16.8. The molecule has 0 aliphatic rings. The van der Waals surface area contributed by atoms with Crippen molar-refractivity contribution in [3.63, 3.8) is 0 Å². The standard InChI is InChI=1S/C18H10F2N2O2/c19-12-6-5-9(7-13(12)20)16-17-11(8-15(22-16)18(23)24)10-3-1-2-4-14(10)21-17/h1-8,21H,(H,23,24). The van der Waals surface area contributed by atoms with Crippen LogP contribution in [0.3, 0.4) is 0 Å². The average molecular weight is 324 g/mol. The van der Waals surface area contributed by atoms with Gasteiger partial charge in [0.15, 0.2) is 11.6 Å². The number of nitrogens with one attached hydrogen (secondary N) is 1. The van der Waals surface area contributed by atoms with Crippen LogP contribution < -0.4 is 0 Å². The molecule has 24 heavy (non-hydrogen) atoms. The van der Waals surface area contributed by atoms with E-state index in [0.29, 0.717) is 16.5 Å². The average Bonchev–Trinajstić information content (AvgIpc) is 2.95. The fourth-order valence-corrected chi connectivity index (χ4v) is 2.81. The van der Waals surface area contributed by atoms with E-state index in [-0.39, 0.29) is 11.4 Å². The highest BCUT2D eigenvalue weighted by molar-refractivity contribution is 6.12. The topological polar surface area (TPSA) is 66.0 Å². The Labute approximate surface area is 134 Å². The zero-order valence-electron chi connectivity index (χ0n) is 12.2. The number of nitrogens with zero attached hydrogens (tertiary/aromatic N) is 1. The van der Waals surface area contributed by atoms with Crippen LogP contribution in [0.25, 0.3) is 33.1 Å². The van der Waals surface area contributed by atoms with E-state index in [0.717, 1.165) is 23.0 Å². The molecule has 6 heteroatoms. The number of aromatic amines is 1. The summed E-state index contributed by atoms with van der Waals surface area (Å²) >= 11 is 0. The highest BCUT2D eigenvalue weighted by Crippen LogP contribution is 2.33. The van der Waals surface area contributed by atoms with Crippen LogP contribution in [0.4, 0.5) is 8.78 Å². The molecule has 4 rings (SSSR count). The van der Waals surface area contributed by atoms with Crippen LogP contribution in [0, 0.1) is 11.6 Å². The van der Waals surface area contributed by atoms with E-state index < -0.39 is 17.6 Å². The van der Waals surface area contributed by atoms with Crippen molar-refractivity contribution in [2.24, 2.45) is 0 Å². The van der Waals surface area contributed by atoms with Gasteiger partial charge in [0.25, 0.3) is 0 Å². The van der Waals surface area contributed by atoms with Crippen molar-refractivity contribution in [1.82, 2.24) is 9.97 Å². The van der Waals surface area contributed by atoms with Crippen molar-refractivity contribution in [1.29, 1.82) is 0 Å². The second-order valence-corrected chi connectivity index (χ2v) is 5.38. The molecule has 2 aromatic carbocycles. The predicted molar refractivity (Wildman–Crippen MR) is 85.9 cm³/mol. The van der Waals surface area contributed by atoms with Gasteiger partial charge in [-0.25, -0.2) is 18.6 Å². The fourth-order valence-electron chi connectivity index (χ4n) is 2.81. The maximum Gasteiger partial charge on any atom is 0.354 e. The van der Waals surface area contributed by atoms with Gasteiger partial charge in [0.2, 0.25) is 0 Å². The van der Waals surface area contributed by atoms with Crippen LogP contribution in [-0.4, -0.2) is 21.0 Å². The van der Waals surface area contributed by atoms with Gasteiger partial charge < -0.3 is 10.1 Å². The summed E-state index contributed by atoms with van der Waals surface area (Å²) in [6, 6.07) is 12.2. The van der Waals surface area contributed by atoms with Crippen LogP contribution in [0.15, 0.2) is 48.5 Å². The van der Waals surface area contributed by atoms with Crippen molar-refractivity contribution in [2.45, 2.75) is 0 Å². The lowest BCUT2D eigenvalue weighted by Crippen LogP contribution is -2.02. The summed E-state index contributed by atoms with van der Waals surface area (Å²) in [5.74, 6) is -3.17. The number of rotatable bonds is 2. The zero-order valence-corrected chi connectivity index (χ0v) is 12.2. The third-order valence-electron chi connectivity index (χ3n) is 3.91. The Balaban J connectivity index is 2.12. The third-order valence-corrected chi connectivity index (χ3v) is 3.91. The summed E-state index contributed by atoms with van der Waals surface area (Å²) in [5.41, 5.74) is 1.79. The highest BCUT2D eigenvalue weighted by atomic mass is 19.2. The predicted octanol–water partition coefficient (Wildman–Crippen LogP) is 4.36. The Morgan fingerprint density at radius 3 is 2.54 bits per heavy atom. The lowest BCUT2D eigenvalue weighted by molar-refractivity contribution is 0.0691. The molecule has 0 atom stereocenters. The molecule has 4 aromatic rings. The molecule has 0 aliphatic carbocycles. The highest BCUT2D eigenvalue weighted by Gasteiger charge is 2.17. The van der Waals surface area contributed by atoms with E-state index in [1.165, 1.54) is 12.1 Å². The van der Waals surface area contributed by atoms with Gasteiger partial charge in [-0.1, -0.05) is 18.2 Å². The number of carboxylic acid groups (broad SMARTS) is 1. The monoisotopic (exact) mass is 324 g/mol. The van der Waals surface area contributed by atoms with E-state index in [9.17, 15) is 18.7 Å². The first kappa shape index (κ1) is 14.3. The molecule has 0 unspecified atom stereocenters. The quantitative estimate of drug-likeness (QED) is 0.576. The minimum Gasteiger partial charge on any atom is -0.477 e. The van der Waals surface area contributed by atoms with E-state index in [4.69, 9.17) is 0 Å². The van der Waals surface area contributed by atoms with E-state index in [2.05, 4.69) is 9.97 Å². The minimum absolute atomic E-state index is 0.160. The number of carboxylic acids is 1. The number of para-hydroxylation sites is 1. The second-order valence-electron chi connectivity index (χ2n) is 5.38. The van der Waals surface area contributed by atoms with Crippen LogP contribution in [0.2, 0.25) is 0 Å². The molecule has 2 aromatic heterocycles. The first-order chi connectivity index (χ1) is 11.5. The van der Waals surface area contributed by atoms with Crippen LogP contribution in [-0.2, 0) is 0 Å². The smallest absolute Gasteiger partial charge is 0.354 e. The Morgan fingerprint density at radius 1 is 1.00 bits per heavy atom. The molecular formula is C18H10F2N2O2. The number of hydrogen-bond donors (Lipinski definition) is 2. The van der Waals surface area contributed by atoms with Crippen molar-refractivity contribution in [2.75, 3.05) is 0 Å². The lowest BCUT2D eigenvalue weighted by Gasteiger charge is -2.06. The van der Waals surface area contributed by atoms with Crippen LogP contribution in [0.1, 0.15) is 10.5 Å². The Kier molecular flexibility index (Phi) is 3.06. The van der Waals surface area contributed by atoms with Crippen molar-refractivity contribution in [3.8, 4) is 11.3 Å². The van der Waals surface area contributed by atoms with Crippen molar-refractivity contribution >= 4 is 27.8 Å². The van der Waals surface area contributed by atoms with Crippen LogP contribution in [0.5, 0.6) is 0 Å². The molecular weight excluding hydrogens is 314 g/mol. The molecule has 0 bridgehead atoms. The molecule has 0 amide bonds. The van der Waals surface area contributed by atoms with Gasteiger partial charge in [-0.05, 0) is 30.3 Å². The summed E-state index contributed by atoms with van der Waals surface area (Å²) in [6.45, 7) is 0. The second kappa shape index (κ2) is 5.13.